The van der Waals surface area contributed by atoms with Crippen LogP contribution in [0.25, 0.3) is 84.0 Å². The zero-order valence-electron chi connectivity index (χ0n) is 32.6. The van der Waals surface area contributed by atoms with Gasteiger partial charge in [0.2, 0.25) is 0 Å². The van der Waals surface area contributed by atoms with E-state index in [0.29, 0.717) is 5.82 Å². The molecule has 0 N–H and O–H groups in total. The Morgan fingerprint density at radius 2 is 1.14 bits per heavy atom. The van der Waals surface area contributed by atoms with Crippen LogP contribution < -0.4 is 0 Å². The Labute approximate surface area is 339 Å². The zero-order valence-corrected chi connectivity index (χ0v) is 32.6. The summed E-state index contributed by atoms with van der Waals surface area (Å²) in [6, 6.07) is 62.5. The van der Waals surface area contributed by atoms with Gasteiger partial charge in [0.25, 0.3) is 0 Å². The summed E-state index contributed by atoms with van der Waals surface area (Å²) in [5, 5.41) is 2.54. The van der Waals surface area contributed by atoms with Crippen LogP contribution in [0.2, 0.25) is 0 Å². The standard InChI is InChI=1S/C55H41N3/c1-37(17-10-11-23-43-36-51(38-18-6-4-7-19-38)57-54(56-43)39-20-8-5-9-21-39)40-29-31-45-46-32-30-42(35-50(46)55(2,3)49(45)34-40)41-22-16-24-44(33-41)58-52-27-14-12-25-47(52)48-26-13-15-28-53(48)58/h4-36H,1H2,2-3H3/b17-10-,23-11+. The monoisotopic (exact) mass is 743 g/mol. The molecule has 0 aliphatic heterocycles. The minimum atomic E-state index is -0.176. The van der Waals surface area contributed by atoms with Crippen LogP contribution in [0.3, 0.4) is 0 Å². The second kappa shape index (κ2) is 14.3. The summed E-state index contributed by atoms with van der Waals surface area (Å²) in [4.78, 5) is 9.79. The molecule has 7 aromatic carbocycles. The molecule has 0 bridgehead atoms. The van der Waals surface area contributed by atoms with E-state index in [1.165, 1.54) is 55.2 Å². The maximum absolute atomic E-state index is 4.90. The first-order chi connectivity index (χ1) is 28.4. The van der Waals surface area contributed by atoms with Gasteiger partial charge < -0.3 is 4.57 Å². The maximum atomic E-state index is 4.90. The second-order valence-electron chi connectivity index (χ2n) is 15.5. The molecular formula is C55H41N3. The predicted octanol–water partition coefficient (Wildman–Crippen LogP) is 14.2. The summed E-state index contributed by atoms with van der Waals surface area (Å²) in [6.45, 7) is 9.16. The normalized spacial score (nSPS) is 13.1. The highest BCUT2D eigenvalue weighted by atomic mass is 15.0. The molecule has 0 unspecified atom stereocenters. The average Bonchev–Trinajstić information content (AvgIpc) is 3.73. The molecule has 3 heteroatoms. The van der Waals surface area contributed by atoms with Crippen LogP contribution in [0, 0.1) is 0 Å². The predicted molar refractivity (Wildman–Crippen MR) is 244 cm³/mol. The summed E-state index contributed by atoms with van der Waals surface area (Å²) in [5.74, 6) is 0.705. The van der Waals surface area contributed by atoms with Gasteiger partial charge in [0.1, 0.15) is 0 Å². The number of allylic oxidation sites excluding steroid dienone is 4. The highest BCUT2D eigenvalue weighted by molar-refractivity contribution is 6.09. The quantitative estimate of drug-likeness (QED) is 0.145. The number of aromatic nitrogens is 3. The van der Waals surface area contributed by atoms with Crippen molar-refractivity contribution in [2.24, 2.45) is 0 Å². The highest BCUT2D eigenvalue weighted by Crippen LogP contribution is 2.50. The van der Waals surface area contributed by atoms with Crippen molar-refractivity contribution < 1.29 is 0 Å². The third-order valence-electron chi connectivity index (χ3n) is 11.6. The SMILES string of the molecule is C=C(/C=C\C=C\c1cc(-c2ccccc2)nc(-c2ccccc2)n1)c1ccc2c(c1)C(C)(C)c1cc(-c3cccc(-n4c5ccccc5c5ccccc54)c3)ccc1-2. The number of fused-ring (bicyclic) bond motifs is 6. The van der Waals surface area contributed by atoms with E-state index in [1.54, 1.807) is 0 Å². The van der Waals surface area contributed by atoms with Crippen molar-refractivity contribution in [3.8, 4) is 50.6 Å². The lowest BCUT2D eigenvalue weighted by atomic mass is 9.81. The number of hydrogen-bond donors (Lipinski definition) is 0. The lowest BCUT2D eigenvalue weighted by molar-refractivity contribution is 0.660. The van der Waals surface area contributed by atoms with E-state index < -0.39 is 0 Å². The zero-order chi connectivity index (χ0) is 39.2. The van der Waals surface area contributed by atoms with Crippen LogP contribution in [0.1, 0.15) is 36.2 Å². The molecule has 0 radical (unpaired) electrons. The summed E-state index contributed by atoms with van der Waals surface area (Å²) in [6.07, 6.45) is 8.18. The van der Waals surface area contributed by atoms with E-state index in [9.17, 15) is 0 Å². The average molecular weight is 744 g/mol. The third-order valence-corrected chi connectivity index (χ3v) is 11.6. The van der Waals surface area contributed by atoms with E-state index in [-0.39, 0.29) is 5.41 Å². The molecule has 0 fully saturated rings. The van der Waals surface area contributed by atoms with Crippen LogP contribution in [0.15, 0.2) is 201 Å². The molecule has 58 heavy (non-hydrogen) atoms. The molecule has 276 valence electrons. The van der Waals surface area contributed by atoms with Crippen molar-refractivity contribution >= 4 is 33.5 Å². The molecule has 0 saturated carbocycles. The van der Waals surface area contributed by atoms with Gasteiger partial charge >= 0.3 is 0 Å². The number of benzene rings is 7. The molecule has 0 spiro atoms. The third kappa shape index (κ3) is 6.18. The van der Waals surface area contributed by atoms with Gasteiger partial charge in [-0.3, -0.25) is 0 Å². The summed E-state index contributed by atoms with van der Waals surface area (Å²) >= 11 is 0. The number of rotatable bonds is 8. The number of hydrogen-bond acceptors (Lipinski definition) is 2. The second-order valence-corrected chi connectivity index (χ2v) is 15.5. The summed E-state index contributed by atoms with van der Waals surface area (Å²) < 4.78 is 2.39. The fourth-order valence-corrected chi connectivity index (χ4v) is 8.59. The first-order valence-electron chi connectivity index (χ1n) is 19.8. The van der Waals surface area contributed by atoms with Gasteiger partial charge in [0, 0.05) is 33.0 Å². The van der Waals surface area contributed by atoms with E-state index in [4.69, 9.17) is 9.97 Å². The van der Waals surface area contributed by atoms with Crippen molar-refractivity contribution in [3.05, 3.63) is 223 Å². The Balaban J connectivity index is 0.913. The molecule has 0 atom stereocenters. The molecule has 3 nitrogen and oxygen atoms in total. The molecule has 0 amide bonds. The largest absolute Gasteiger partial charge is 0.309 e. The Morgan fingerprint density at radius 1 is 0.534 bits per heavy atom. The van der Waals surface area contributed by atoms with Crippen LogP contribution >= 0.6 is 0 Å². The first kappa shape index (κ1) is 35.1. The van der Waals surface area contributed by atoms with Gasteiger partial charge in [-0.05, 0) is 93.1 Å². The van der Waals surface area contributed by atoms with Gasteiger partial charge in [0.05, 0.1) is 22.4 Å². The smallest absolute Gasteiger partial charge is 0.160 e. The molecule has 0 saturated heterocycles. The van der Waals surface area contributed by atoms with Gasteiger partial charge in [-0.2, -0.15) is 0 Å². The minimum absolute atomic E-state index is 0.176. The Morgan fingerprint density at radius 3 is 1.86 bits per heavy atom. The molecule has 1 aliphatic rings. The maximum Gasteiger partial charge on any atom is 0.160 e. The van der Waals surface area contributed by atoms with Gasteiger partial charge in [0.15, 0.2) is 5.82 Å². The van der Waals surface area contributed by atoms with Crippen molar-refractivity contribution in [3.63, 3.8) is 0 Å². The van der Waals surface area contributed by atoms with E-state index in [0.717, 1.165) is 39.3 Å². The number of nitrogens with zero attached hydrogens (tertiary/aromatic N) is 3. The topological polar surface area (TPSA) is 30.7 Å². The highest BCUT2D eigenvalue weighted by Gasteiger charge is 2.36. The van der Waals surface area contributed by atoms with E-state index >= 15 is 0 Å². The lowest BCUT2D eigenvalue weighted by Crippen LogP contribution is -2.15. The van der Waals surface area contributed by atoms with Crippen molar-refractivity contribution in [2.45, 2.75) is 19.3 Å². The molecule has 10 rings (SSSR count). The molecule has 1 aliphatic carbocycles. The fraction of sp³-hybridized carbons (Fsp3) is 0.0545. The van der Waals surface area contributed by atoms with Crippen molar-refractivity contribution in [1.82, 2.24) is 14.5 Å². The van der Waals surface area contributed by atoms with E-state index in [2.05, 4.69) is 152 Å². The Bertz CT molecular complexity index is 2980. The van der Waals surface area contributed by atoms with Crippen molar-refractivity contribution in [1.29, 1.82) is 0 Å². The van der Waals surface area contributed by atoms with Gasteiger partial charge in [-0.15, -0.1) is 0 Å². The van der Waals surface area contributed by atoms with Gasteiger partial charge in [-0.1, -0.05) is 172 Å². The Hall–Kier alpha value is -7.36. The molecular weight excluding hydrogens is 703 g/mol. The molecule has 2 aromatic heterocycles. The fourth-order valence-electron chi connectivity index (χ4n) is 8.59. The molecule has 2 heterocycles. The van der Waals surface area contributed by atoms with Crippen molar-refractivity contribution in [2.75, 3.05) is 0 Å². The van der Waals surface area contributed by atoms with Crippen LogP contribution in [-0.4, -0.2) is 14.5 Å². The summed E-state index contributed by atoms with van der Waals surface area (Å²) in [7, 11) is 0. The molecule has 9 aromatic rings. The number of para-hydroxylation sites is 2. The Kier molecular flexibility index (Phi) is 8.65. The van der Waals surface area contributed by atoms with Gasteiger partial charge in [-0.25, -0.2) is 9.97 Å². The summed E-state index contributed by atoms with van der Waals surface area (Å²) in [5.41, 5.74) is 17.0. The van der Waals surface area contributed by atoms with Crippen LogP contribution in [0.5, 0.6) is 0 Å². The minimum Gasteiger partial charge on any atom is -0.309 e. The van der Waals surface area contributed by atoms with Crippen LogP contribution in [0.4, 0.5) is 0 Å². The lowest BCUT2D eigenvalue weighted by Gasteiger charge is -2.23. The first-order valence-corrected chi connectivity index (χ1v) is 19.8. The van der Waals surface area contributed by atoms with E-state index in [1.807, 2.05) is 72.8 Å². The van der Waals surface area contributed by atoms with Crippen LogP contribution in [-0.2, 0) is 5.41 Å².